The van der Waals surface area contributed by atoms with Gasteiger partial charge in [-0.1, -0.05) is 19.3 Å². The summed E-state index contributed by atoms with van der Waals surface area (Å²) in [6.07, 6.45) is 6.67. The molecule has 2 aliphatic rings. The Kier molecular flexibility index (Phi) is 3.82. The van der Waals surface area contributed by atoms with Crippen LogP contribution in [0.3, 0.4) is 0 Å². The molecule has 0 bridgehead atoms. The third-order valence-electron chi connectivity index (χ3n) is 3.82. The molecule has 1 aliphatic carbocycles. The van der Waals surface area contributed by atoms with Crippen molar-refractivity contribution >= 4 is 5.97 Å². The van der Waals surface area contributed by atoms with E-state index in [-0.39, 0.29) is 0 Å². The maximum absolute atomic E-state index is 11.5. The van der Waals surface area contributed by atoms with Crippen LogP contribution in [0, 0.1) is 0 Å². The number of carboxylic acids is 1. The Morgan fingerprint density at radius 3 is 2.38 bits per heavy atom. The van der Waals surface area contributed by atoms with Crippen LogP contribution in [0.15, 0.2) is 0 Å². The molecule has 1 heterocycles. The minimum Gasteiger partial charge on any atom is -0.480 e. The molecule has 0 radical (unpaired) electrons. The average Bonchev–Trinajstić information content (AvgIpc) is 2.31. The number of carbonyl (C=O) groups is 1. The number of hydrogen-bond donors (Lipinski definition) is 2. The SMILES string of the molecule is O=C(O)C1(NC2CCOCC2)CCCCC1. The van der Waals surface area contributed by atoms with E-state index < -0.39 is 11.5 Å². The smallest absolute Gasteiger partial charge is 0.323 e. The normalized spacial score (nSPS) is 26.5. The highest BCUT2D eigenvalue weighted by Gasteiger charge is 2.41. The molecule has 4 nitrogen and oxygen atoms in total. The fourth-order valence-electron chi connectivity index (χ4n) is 2.81. The zero-order chi connectivity index (χ0) is 11.4. The molecule has 1 saturated heterocycles. The third kappa shape index (κ3) is 2.55. The van der Waals surface area contributed by atoms with Crippen LogP contribution in [0.25, 0.3) is 0 Å². The summed E-state index contributed by atoms with van der Waals surface area (Å²) in [5.74, 6) is -0.668. The molecule has 1 saturated carbocycles. The highest BCUT2D eigenvalue weighted by molar-refractivity contribution is 5.79. The van der Waals surface area contributed by atoms with Crippen molar-refractivity contribution in [3.8, 4) is 0 Å². The van der Waals surface area contributed by atoms with Gasteiger partial charge in [-0.2, -0.15) is 0 Å². The van der Waals surface area contributed by atoms with Crippen molar-refractivity contribution in [1.82, 2.24) is 5.32 Å². The van der Waals surface area contributed by atoms with Gasteiger partial charge < -0.3 is 9.84 Å². The van der Waals surface area contributed by atoms with Crippen molar-refractivity contribution in [3.05, 3.63) is 0 Å². The number of ether oxygens (including phenoxy) is 1. The van der Waals surface area contributed by atoms with E-state index in [0.717, 1.165) is 51.7 Å². The fraction of sp³-hybridized carbons (Fsp3) is 0.917. The Hall–Kier alpha value is -0.610. The van der Waals surface area contributed by atoms with Gasteiger partial charge in [0.2, 0.25) is 0 Å². The van der Waals surface area contributed by atoms with Gasteiger partial charge in [0.15, 0.2) is 0 Å². The lowest BCUT2D eigenvalue weighted by molar-refractivity contribution is -0.147. The molecular weight excluding hydrogens is 206 g/mol. The van der Waals surface area contributed by atoms with E-state index in [9.17, 15) is 9.90 Å². The molecule has 2 fully saturated rings. The molecule has 0 amide bonds. The molecule has 2 rings (SSSR count). The van der Waals surface area contributed by atoms with Crippen LogP contribution in [0.2, 0.25) is 0 Å². The fourth-order valence-corrected chi connectivity index (χ4v) is 2.81. The Bertz CT molecular complexity index is 243. The number of rotatable bonds is 3. The molecule has 2 N–H and O–H groups in total. The van der Waals surface area contributed by atoms with E-state index in [1.807, 2.05) is 0 Å². The molecule has 16 heavy (non-hydrogen) atoms. The summed E-state index contributed by atoms with van der Waals surface area (Å²) >= 11 is 0. The lowest BCUT2D eigenvalue weighted by Crippen LogP contribution is -2.57. The van der Waals surface area contributed by atoms with Crippen LogP contribution in [0.1, 0.15) is 44.9 Å². The summed E-state index contributed by atoms with van der Waals surface area (Å²) < 4.78 is 5.29. The zero-order valence-electron chi connectivity index (χ0n) is 9.71. The second-order valence-corrected chi connectivity index (χ2v) is 4.98. The number of carboxylic acid groups (broad SMARTS) is 1. The van der Waals surface area contributed by atoms with Crippen LogP contribution in [0.5, 0.6) is 0 Å². The molecule has 0 aromatic heterocycles. The van der Waals surface area contributed by atoms with Gasteiger partial charge in [-0.25, -0.2) is 0 Å². The zero-order valence-corrected chi connectivity index (χ0v) is 9.71. The average molecular weight is 227 g/mol. The van der Waals surface area contributed by atoms with E-state index >= 15 is 0 Å². The summed E-state index contributed by atoms with van der Waals surface area (Å²) in [6, 6.07) is 0.322. The van der Waals surface area contributed by atoms with Crippen molar-refractivity contribution in [3.63, 3.8) is 0 Å². The molecule has 92 valence electrons. The lowest BCUT2D eigenvalue weighted by Gasteiger charge is -2.38. The molecular formula is C12H21NO3. The van der Waals surface area contributed by atoms with Gasteiger partial charge in [0.05, 0.1) is 0 Å². The summed E-state index contributed by atoms with van der Waals surface area (Å²) in [4.78, 5) is 11.5. The van der Waals surface area contributed by atoms with E-state index in [0.29, 0.717) is 6.04 Å². The van der Waals surface area contributed by atoms with Gasteiger partial charge in [-0.05, 0) is 25.7 Å². The predicted molar refractivity (Wildman–Crippen MR) is 60.4 cm³/mol. The van der Waals surface area contributed by atoms with Crippen molar-refractivity contribution in [2.75, 3.05) is 13.2 Å². The summed E-state index contributed by atoms with van der Waals surface area (Å²) in [5.41, 5.74) is -0.653. The van der Waals surface area contributed by atoms with Crippen LogP contribution in [0.4, 0.5) is 0 Å². The van der Waals surface area contributed by atoms with Crippen molar-refractivity contribution in [2.24, 2.45) is 0 Å². The Morgan fingerprint density at radius 2 is 1.81 bits per heavy atom. The second kappa shape index (κ2) is 5.15. The van der Waals surface area contributed by atoms with Gasteiger partial charge >= 0.3 is 5.97 Å². The van der Waals surface area contributed by atoms with Crippen LogP contribution in [-0.2, 0) is 9.53 Å². The molecule has 1 aliphatic heterocycles. The number of hydrogen-bond acceptors (Lipinski definition) is 3. The minimum absolute atomic E-state index is 0.322. The van der Waals surface area contributed by atoms with E-state index in [1.54, 1.807) is 0 Å². The molecule has 4 heteroatoms. The predicted octanol–water partition coefficient (Wildman–Crippen LogP) is 1.54. The highest BCUT2D eigenvalue weighted by Crippen LogP contribution is 2.30. The first-order valence-corrected chi connectivity index (χ1v) is 6.32. The second-order valence-electron chi connectivity index (χ2n) is 4.98. The van der Waals surface area contributed by atoms with E-state index in [4.69, 9.17) is 4.74 Å². The first kappa shape index (κ1) is 11.9. The summed E-state index contributed by atoms with van der Waals surface area (Å²) in [5, 5.41) is 12.8. The van der Waals surface area contributed by atoms with Crippen LogP contribution >= 0.6 is 0 Å². The largest absolute Gasteiger partial charge is 0.480 e. The Labute approximate surface area is 96.4 Å². The summed E-state index contributed by atoms with van der Waals surface area (Å²) in [6.45, 7) is 1.51. The third-order valence-corrected chi connectivity index (χ3v) is 3.82. The standard InChI is InChI=1S/C12H21NO3/c14-11(15)12(6-2-1-3-7-12)13-10-4-8-16-9-5-10/h10,13H,1-9H2,(H,14,15). The van der Waals surface area contributed by atoms with Gasteiger partial charge in [-0.3, -0.25) is 10.1 Å². The maximum atomic E-state index is 11.5. The molecule has 0 atom stereocenters. The number of nitrogens with one attached hydrogen (secondary N) is 1. The molecule has 0 aromatic rings. The van der Waals surface area contributed by atoms with Gasteiger partial charge in [0.25, 0.3) is 0 Å². The first-order valence-electron chi connectivity index (χ1n) is 6.32. The van der Waals surface area contributed by atoms with Gasteiger partial charge in [0.1, 0.15) is 5.54 Å². The van der Waals surface area contributed by atoms with E-state index in [1.165, 1.54) is 6.42 Å². The molecule has 0 spiro atoms. The highest BCUT2D eigenvalue weighted by atomic mass is 16.5. The maximum Gasteiger partial charge on any atom is 0.323 e. The number of aliphatic carboxylic acids is 1. The lowest BCUT2D eigenvalue weighted by atomic mass is 9.80. The summed E-state index contributed by atoms with van der Waals surface area (Å²) in [7, 11) is 0. The topological polar surface area (TPSA) is 58.6 Å². The Morgan fingerprint density at radius 1 is 1.19 bits per heavy atom. The van der Waals surface area contributed by atoms with Crippen molar-refractivity contribution < 1.29 is 14.6 Å². The van der Waals surface area contributed by atoms with Gasteiger partial charge in [-0.15, -0.1) is 0 Å². The van der Waals surface area contributed by atoms with Crippen LogP contribution < -0.4 is 5.32 Å². The minimum atomic E-state index is -0.668. The quantitative estimate of drug-likeness (QED) is 0.768. The monoisotopic (exact) mass is 227 g/mol. The van der Waals surface area contributed by atoms with Gasteiger partial charge in [0, 0.05) is 19.3 Å². The van der Waals surface area contributed by atoms with Crippen molar-refractivity contribution in [1.29, 1.82) is 0 Å². The molecule has 0 unspecified atom stereocenters. The first-order chi connectivity index (χ1) is 7.73. The van der Waals surface area contributed by atoms with Crippen LogP contribution in [-0.4, -0.2) is 35.9 Å². The van der Waals surface area contributed by atoms with E-state index in [2.05, 4.69) is 5.32 Å². The molecule has 0 aromatic carbocycles. The van der Waals surface area contributed by atoms with Crippen molar-refractivity contribution in [2.45, 2.75) is 56.5 Å². The Balaban J connectivity index is 1.98.